The number of nitrogens with two attached hydrogens (primary N) is 1. The minimum Gasteiger partial charge on any atom is -0.492 e. The molecule has 0 radical (unpaired) electrons. The van der Waals surface area contributed by atoms with Gasteiger partial charge in [0.05, 0.1) is 0 Å². The van der Waals surface area contributed by atoms with Crippen molar-refractivity contribution in [3.63, 3.8) is 0 Å². The van der Waals surface area contributed by atoms with Crippen LogP contribution < -0.4 is 10.5 Å². The van der Waals surface area contributed by atoms with Crippen LogP contribution in [-0.4, -0.2) is 47.1 Å². The molecule has 0 saturated carbocycles. The second kappa shape index (κ2) is 7.86. The number of benzene rings is 1. The van der Waals surface area contributed by atoms with Crippen molar-refractivity contribution in [2.75, 3.05) is 32.0 Å². The van der Waals surface area contributed by atoms with Crippen molar-refractivity contribution >= 4 is 29.0 Å². The predicted octanol–water partition coefficient (Wildman–Crippen LogP) is 2.53. The maximum Gasteiger partial charge on any atom is 0.119 e. The molecule has 2 N–H and O–H groups in total. The highest BCUT2D eigenvalue weighted by atomic mass is 32.2. The van der Waals surface area contributed by atoms with Gasteiger partial charge in [0.2, 0.25) is 0 Å². The summed E-state index contributed by atoms with van der Waals surface area (Å²) in [4.78, 5) is 2.92. The third-order valence-corrected chi connectivity index (χ3v) is 5.10. The largest absolute Gasteiger partial charge is 0.492 e. The molecule has 1 aliphatic heterocycles. The summed E-state index contributed by atoms with van der Waals surface area (Å²) < 4.78 is 5.78. The van der Waals surface area contributed by atoms with Crippen LogP contribution in [0.3, 0.4) is 0 Å². The molecule has 1 heterocycles. The minimum absolute atomic E-state index is 0.424. The van der Waals surface area contributed by atoms with Crippen molar-refractivity contribution in [2.24, 2.45) is 5.73 Å². The minimum atomic E-state index is 0.424. The van der Waals surface area contributed by atoms with E-state index in [4.69, 9.17) is 22.7 Å². The van der Waals surface area contributed by atoms with E-state index in [0.29, 0.717) is 4.99 Å². The van der Waals surface area contributed by atoms with Gasteiger partial charge >= 0.3 is 0 Å². The van der Waals surface area contributed by atoms with Crippen molar-refractivity contribution in [3.05, 3.63) is 29.8 Å². The highest BCUT2D eigenvalue weighted by molar-refractivity contribution is 8.00. The van der Waals surface area contributed by atoms with Crippen molar-refractivity contribution in [2.45, 2.75) is 18.6 Å². The molecule has 20 heavy (non-hydrogen) atoms. The summed E-state index contributed by atoms with van der Waals surface area (Å²) in [5.41, 5.74) is 6.45. The van der Waals surface area contributed by atoms with Crippen LogP contribution in [0.4, 0.5) is 0 Å². The van der Waals surface area contributed by atoms with Crippen molar-refractivity contribution in [1.82, 2.24) is 4.90 Å². The summed E-state index contributed by atoms with van der Waals surface area (Å²) >= 11 is 7.02. The van der Waals surface area contributed by atoms with Crippen LogP contribution in [0.5, 0.6) is 5.75 Å². The van der Waals surface area contributed by atoms with Crippen LogP contribution in [0.15, 0.2) is 24.3 Å². The molecule has 0 aromatic heterocycles. The Balaban J connectivity index is 1.74. The Kier molecular flexibility index (Phi) is 6.13. The number of thioether (sulfide) groups is 1. The van der Waals surface area contributed by atoms with E-state index in [1.54, 1.807) is 0 Å². The first kappa shape index (κ1) is 15.6. The van der Waals surface area contributed by atoms with Crippen molar-refractivity contribution < 1.29 is 4.74 Å². The molecule has 0 amide bonds. The smallest absolute Gasteiger partial charge is 0.119 e. The average molecular weight is 310 g/mol. The molecule has 1 saturated heterocycles. The number of rotatable bonds is 6. The maximum absolute atomic E-state index is 5.78. The summed E-state index contributed by atoms with van der Waals surface area (Å²) in [6.45, 7) is 6.35. The van der Waals surface area contributed by atoms with Crippen LogP contribution in [0.1, 0.15) is 18.9 Å². The van der Waals surface area contributed by atoms with Crippen LogP contribution >= 0.6 is 24.0 Å². The van der Waals surface area contributed by atoms with Gasteiger partial charge in [0.1, 0.15) is 17.3 Å². The van der Waals surface area contributed by atoms with Crippen LogP contribution in [-0.2, 0) is 0 Å². The first-order chi connectivity index (χ1) is 9.69. The molecule has 0 spiro atoms. The maximum atomic E-state index is 5.78. The lowest BCUT2D eigenvalue weighted by molar-refractivity contribution is 0.212. The molecule has 2 rings (SSSR count). The molecule has 3 nitrogen and oxygen atoms in total. The van der Waals surface area contributed by atoms with Gasteiger partial charge in [-0.15, -0.1) is 0 Å². The van der Waals surface area contributed by atoms with E-state index < -0.39 is 0 Å². The monoisotopic (exact) mass is 310 g/mol. The number of nitrogens with zero attached hydrogens (tertiary/aromatic N) is 1. The molecule has 1 aromatic carbocycles. The molecular weight excluding hydrogens is 288 g/mol. The van der Waals surface area contributed by atoms with Crippen LogP contribution in [0, 0.1) is 0 Å². The quantitative estimate of drug-likeness (QED) is 0.818. The van der Waals surface area contributed by atoms with E-state index in [2.05, 4.69) is 23.6 Å². The SMILES string of the molecule is CCC1CN(CCOc2ccc(C(N)=S)cc2)CCS1. The molecule has 5 heteroatoms. The summed E-state index contributed by atoms with van der Waals surface area (Å²) in [5, 5.41) is 0.786. The summed E-state index contributed by atoms with van der Waals surface area (Å²) in [6, 6.07) is 7.66. The van der Waals surface area contributed by atoms with Gasteiger partial charge in [-0.1, -0.05) is 19.1 Å². The normalized spacial score (nSPS) is 19.8. The highest BCUT2D eigenvalue weighted by Gasteiger charge is 2.18. The van der Waals surface area contributed by atoms with E-state index in [-0.39, 0.29) is 0 Å². The molecule has 0 aliphatic carbocycles. The summed E-state index contributed by atoms with van der Waals surface area (Å²) in [7, 11) is 0. The second-order valence-corrected chi connectivity index (χ2v) is 6.79. The highest BCUT2D eigenvalue weighted by Crippen LogP contribution is 2.20. The van der Waals surface area contributed by atoms with Crippen LogP contribution in [0.2, 0.25) is 0 Å². The van der Waals surface area contributed by atoms with Gasteiger partial charge in [-0.2, -0.15) is 11.8 Å². The van der Waals surface area contributed by atoms with Crippen molar-refractivity contribution in [1.29, 1.82) is 0 Å². The van der Waals surface area contributed by atoms with E-state index in [1.807, 2.05) is 24.3 Å². The van der Waals surface area contributed by atoms with Gasteiger partial charge < -0.3 is 10.5 Å². The van der Waals surface area contributed by atoms with Crippen LogP contribution in [0.25, 0.3) is 0 Å². The summed E-state index contributed by atoms with van der Waals surface area (Å²) in [5.74, 6) is 2.12. The second-order valence-electron chi connectivity index (χ2n) is 4.94. The van der Waals surface area contributed by atoms with E-state index >= 15 is 0 Å². The Morgan fingerprint density at radius 3 is 2.85 bits per heavy atom. The third kappa shape index (κ3) is 4.65. The topological polar surface area (TPSA) is 38.5 Å². The number of hydrogen-bond acceptors (Lipinski definition) is 4. The lowest BCUT2D eigenvalue weighted by atomic mass is 10.2. The predicted molar refractivity (Wildman–Crippen MR) is 90.8 cm³/mol. The number of thiocarbonyl (C=S) groups is 1. The fourth-order valence-corrected chi connectivity index (χ4v) is 3.62. The van der Waals surface area contributed by atoms with Gasteiger partial charge in [0.25, 0.3) is 0 Å². The lowest BCUT2D eigenvalue weighted by Crippen LogP contribution is -2.39. The van der Waals surface area contributed by atoms with E-state index in [9.17, 15) is 0 Å². The molecular formula is C15H22N2OS2. The first-order valence-electron chi connectivity index (χ1n) is 7.05. The zero-order valence-electron chi connectivity index (χ0n) is 11.9. The van der Waals surface area contributed by atoms with Gasteiger partial charge in [0.15, 0.2) is 0 Å². The Bertz CT molecular complexity index is 436. The molecule has 110 valence electrons. The zero-order valence-corrected chi connectivity index (χ0v) is 13.5. The first-order valence-corrected chi connectivity index (χ1v) is 8.51. The summed E-state index contributed by atoms with van der Waals surface area (Å²) in [6.07, 6.45) is 1.25. The van der Waals surface area contributed by atoms with Crippen molar-refractivity contribution in [3.8, 4) is 5.75 Å². The standard InChI is InChI=1S/C15H22N2OS2/c1-2-14-11-17(8-10-20-14)7-9-18-13-5-3-12(4-6-13)15(16)19/h3-6,14H,2,7-11H2,1H3,(H2,16,19). The third-order valence-electron chi connectivity index (χ3n) is 3.49. The fraction of sp³-hybridized carbons (Fsp3) is 0.533. The Morgan fingerprint density at radius 2 is 2.20 bits per heavy atom. The fourth-order valence-electron chi connectivity index (χ4n) is 2.24. The number of ether oxygens (including phenoxy) is 1. The number of hydrogen-bond donors (Lipinski definition) is 1. The molecule has 0 bridgehead atoms. The van der Waals surface area contributed by atoms with Gasteiger partial charge in [0, 0.05) is 36.2 Å². The van der Waals surface area contributed by atoms with Gasteiger partial charge in [-0.3, -0.25) is 4.90 Å². The molecule has 1 unspecified atom stereocenters. The molecule has 1 atom stereocenters. The molecule has 1 aliphatic rings. The lowest BCUT2D eigenvalue weighted by Gasteiger charge is -2.31. The average Bonchev–Trinajstić information content (AvgIpc) is 2.48. The van der Waals surface area contributed by atoms with E-state index in [0.717, 1.165) is 29.7 Å². The van der Waals surface area contributed by atoms with Gasteiger partial charge in [-0.05, 0) is 30.7 Å². The Morgan fingerprint density at radius 1 is 1.45 bits per heavy atom. The Hall–Kier alpha value is -0.780. The van der Waals surface area contributed by atoms with E-state index in [1.165, 1.54) is 25.3 Å². The Labute approximate surface area is 130 Å². The van der Waals surface area contributed by atoms with Gasteiger partial charge in [-0.25, -0.2) is 0 Å². The zero-order chi connectivity index (χ0) is 14.4. The molecule has 1 aromatic rings. The molecule has 1 fully saturated rings.